The minimum atomic E-state index is 0.323. The molecule has 6 nitrogen and oxygen atoms in total. The van der Waals surface area contributed by atoms with Gasteiger partial charge >= 0.3 is 0 Å². The second-order valence-electron chi connectivity index (χ2n) is 6.79. The molecule has 0 aliphatic heterocycles. The highest BCUT2D eigenvalue weighted by molar-refractivity contribution is 5.76. The molecule has 3 aromatic rings. The first-order chi connectivity index (χ1) is 13.4. The van der Waals surface area contributed by atoms with Crippen molar-refractivity contribution in [2.45, 2.75) is 33.2 Å². The zero-order valence-electron chi connectivity index (χ0n) is 16.3. The van der Waals surface area contributed by atoms with Crippen LogP contribution in [0.3, 0.4) is 0 Å². The summed E-state index contributed by atoms with van der Waals surface area (Å²) >= 11 is 0. The second-order valence-corrected chi connectivity index (χ2v) is 6.79. The SMILES string of the molecule is C=C(NCc1ccc(CCC)c(N)c1)c1cc(C(=C)C#N)n2nc(C)cc2n1. The standard InChI is InChI=1S/C22H24N6/c1-5-6-18-8-7-17(10-19(18)24)13-25-16(4)20-11-21(14(2)12-23)28-22(26-20)9-15(3)27-28/h7-11,25H,2,4-6,13,24H2,1,3H3. The average molecular weight is 372 g/mol. The quantitative estimate of drug-likeness (QED) is 0.485. The molecule has 0 spiro atoms. The van der Waals surface area contributed by atoms with Crippen LogP contribution in [-0.4, -0.2) is 14.6 Å². The van der Waals surface area contributed by atoms with Crippen LogP contribution in [0.25, 0.3) is 16.9 Å². The molecule has 0 bridgehead atoms. The van der Waals surface area contributed by atoms with Gasteiger partial charge in [-0.05, 0) is 36.6 Å². The van der Waals surface area contributed by atoms with Crippen LogP contribution in [0.4, 0.5) is 5.69 Å². The molecule has 6 heteroatoms. The summed E-state index contributed by atoms with van der Waals surface area (Å²) in [6, 6.07) is 11.9. The van der Waals surface area contributed by atoms with Crippen molar-refractivity contribution in [3.63, 3.8) is 0 Å². The van der Waals surface area contributed by atoms with Crippen LogP contribution in [0, 0.1) is 18.3 Å². The Morgan fingerprint density at radius 1 is 1.29 bits per heavy atom. The zero-order chi connectivity index (χ0) is 20.3. The number of rotatable bonds is 7. The number of hydrogen-bond acceptors (Lipinski definition) is 5. The van der Waals surface area contributed by atoms with E-state index in [1.54, 1.807) is 10.6 Å². The fourth-order valence-corrected chi connectivity index (χ4v) is 3.07. The number of allylic oxidation sites excluding steroid dienone is 1. The predicted molar refractivity (Wildman–Crippen MR) is 113 cm³/mol. The van der Waals surface area contributed by atoms with Gasteiger partial charge in [0.2, 0.25) is 0 Å². The Kier molecular flexibility index (Phi) is 5.46. The van der Waals surface area contributed by atoms with Crippen molar-refractivity contribution >= 4 is 22.6 Å². The van der Waals surface area contributed by atoms with E-state index < -0.39 is 0 Å². The molecule has 0 unspecified atom stereocenters. The van der Waals surface area contributed by atoms with Crippen LogP contribution >= 0.6 is 0 Å². The number of aromatic nitrogens is 3. The minimum absolute atomic E-state index is 0.323. The molecule has 0 aliphatic carbocycles. The van der Waals surface area contributed by atoms with Gasteiger partial charge in [-0.2, -0.15) is 10.4 Å². The zero-order valence-corrected chi connectivity index (χ0v) is 16.3. The monoisotopic (exact) mass is 372 g/mol. The Bertz CT molecular complexity index is 1100. The summed E-state index contributed by atoms with van der Waals surface area (Å²) in [6.45, 7) is 12.5. The van der Waals surface area contributed by atoms with Crippen LogP contribution < -0.4 is 11.1 Å². The number of nitrogens with one attached hydrogen (secondary N) is 1. The Hall–Kier alpha value is -3.59. The van der Waals surface area contributed by atoms with Gasteiger partial charge in [0, 0.05) is 18.3 Å². The van der Waals surface area contributed by atoms with Crippen molar-refractivity contribution in [3.05, 3.63) is 71.7 Å². The summed E-state index contributed by atoms with van der Waals surface area (Å²) in [5, 5.41) is 16.9. The third-order valence-corrected chi connectivity index (χ3v) is 4.54. The molecule has 0 saturated carbocycles. The lowest BCUT2D eigenvalue weighted by molar-refractivity contribution is 0.868. The highest BCUT2D eigenvalue weighted by atomic mass is 15.3. The van der Waals surface area contributed by atoms with Gasteiger partial charge in [0.15, 0.2) is 5.65 Å². The lowest BCUT2D eigenvalue weighted by Gasteiger charge is -2.13. The number of nitrogens with two attached hydrogens (primary N) is 1. The lowest BCUT2D eigenvalue weighted by Crippen LogP contribution is -2.13. The molecule has 2 heterocycles. The number of aryl methyl sites for hydroxylation is 2. The molecule has 142 valence electrons. The van der Waals surface area contributed by atoms with Gasteiger partial charge in [-0.25, -0.2) is 9.50 Å². The maximum Gasteiger partial charge on any atom is 0.156 e. The highest BCUT2D eigenvalue weighted by Gasteiger charge is 2.12. The molecule has 2 aromatic heterocycles. The molecule has 0 amide bonds. The van der Waals surface area contributed by atoms with Crippen LogP contribution in [0.2, 0.25) is 0 Å². The molecule has 1 aromatic carbocycles. The molecule has 0 fully saturated rings. The molecule has 0 saturated heterocycles. The van der Waals surface area contributed by atoms with Crippen molar-refractivity contribution in [3.8, 4) is 6.07 Å². The number of nitriles is 1. The number of benzene rings is 1. The van der Waals surface area contributed by atoms with Crippen LogP contribution in [0.1, 0.15) is 41.6 Å². The smallest absolute Gasteiger partial charge is 0.156 e. The van der Waals surface area contributed by atoms with Gasteiger partial charge in [-0.3, -0.25) is 0 Å². The number of hydrogen-bond donors (Lipinski definition) is 2. The largest absolute Gasteiger partial charge is 0.398 e. The van der Waals surface area contributed by atoms with E-state index in [1.807, 2.05) is 19.1 Å². The van der Waals surface area contributed by atoms with E-state index in [1.165, 1.54) is 5.56 Å². The fraction of sp³-hybridized carbons (Fsp3) is 0.227. The van der Waals surface area contributed by atoms with E-state index in [9.17, 15) is 5.26 Å². The van der Waals surface area contributed by atoms with E-state index >= 15 is 0 Å². The van der Waals surface area contributed by atoms with Gasteiger partial charge in [0.05, 0.1) is 28.4 Å². The molecule has 0 radical (unpaired) electrons. The summed E-state index contributed by atoms with van der Waals surface area (Å²) in [5.41, 5.74) is 12.9. The maximum atomic E-state index is 9.26. The molecule has 3 N–H and O–H groups in total. The van der Waals surface area contributed by atoms with Crippen molar-refractivity contribution in [2.75, 3.05) is 5.73 Å². The summed E-state index contributed by atoms with van der Waals surface area (Å²) < 4.78 is 1.63. The summed E-state index contributed by atoms with van der Waals surface area (Å²) in [4.78, 5) is 4.60. The molecule has 0 aliphatic rings. The topological polar surface area (TPSA) is 92.0 Å². The van der Waals surface area contributed by atoms with Crippen molar-refractivity contribution < 1.29 is 0 Å². The van der Waals surface area contributed by atoms with Crippen LogP contribution in [0.5, 0.6) is 0 Å². The third kappa shape index (κ3) is 3.89. The average Bonchev–Trinajstić information content (AvgIpc) is 3.06. The van der Waals surface area contributed by atoms with Crippen molar-refractivity contribution in [1.29, 1.82) is 5.26 Å². The molecule has 28 heavy (non-hydrogen) atoms. The predicted octanol–water partition coefficient (Wildman–Crippen LogP) is 3.87. The Balaban J connectivity index is 1.83. The number of fused-ring (bicyclic) bond motifs is 1. The first-order valence-electron chi connectivity index (χ1n) is 9.20. The lowest BCUT2D eigenvalue weighted by atomic mass is 10.1. The van der Waals surface area contributed by atoms with Crippen LogP contribution in [0.15, 0.2) is 43.5 Å². The normalized spacial score (nSPS) is 10.6. The molecule has 0 atom stereocenters. The minimum Gasteiger partial charge on any atom is -0.398 e. The molecule has 3 rings (SSSR count). The van der Waals surface area contributed by atoms with Gasteiger partial charge in [0.25, 0.3) is 0 Å². The Morgan fingerprint density at radius 2 is 2.07 bits per heavy atom. The second kappa shape index (κ2) is 7.97. The summed E-state index contributed by atoms with van der Waals surface area (Å²) in [6.07, 6.45) is 2.05. The van der Waals surface area contributed by atoms with E-state index in [4.69, 9.17) is 5.73 Å². The van der Waals surface area contributed by atoms with Gasteiger partial charge < -0.3 is 11.1 Å². The summed E-state index contributed by atoms with van der Waals surface area (Å²) in [7, 11) is 0. The first kappa shape index (κ1) is 19.2. The maximum absolute atomic E-state index is 9.26. The Morgan fingerprint density at radius 3 is 2.75 bits per heavy atom. The first-order valence-corrected chi connectivity index (χ1v) is 9.20. The molecular formula is C22H24N6. The van der Waals surface area contributed by atoms with E-state index in [0.717, 1.165) is 29.8 Å². The van der Waals surface area contributed by atoms with Crippen molar-refractivity contribution in [2.24, 2.45) is 0 Å². The number of nitrogens with zero attached hydrogens (tertiary/aromatic N) is 4. The van der Waals surface area contributed by atoms with E-state index in [2.05, 4.69) is 53.7 Å². The van der Waals surface area contributed by atoms with Crippen LogP contribution in [-0.2, 0) is 13.0 Å². The van der Waals surface area contributed by atoms with Crippen molar-refractivity contribution in [1.82, 2.24) is 19.9 Å². The van der Waals surface area contributed by atoms with Gasteiger partial charge in [-0.15, -0.1) is 0 Å². The van der Waals surface area contributed by atoms with Gasteiger partial charge in [-0.1, -0.05) is 38.6 Å². The summed E-state index contributed by atoms with van der Waals surface area (Å²) in [5.74, 6) is 0. The van der Waals surface area contributed by atoms with E-state index in [0.29, 0.717) is 34.8 Å². The number of anilines is 1. The van der Waals surface area contributed by atoms with E-state index in [-0.39, 0.29) is 0 Å². The Labute approximate surface area is 165 Å². The molecular weight excluding hydrogens is 348 g/mol. The fourth-order valence-electron chi connectivity index (χ4n) is 3.07. The number of nitrogen functional groups attached to an aromatic ring is 1. The third-order valence-electron chi connectivity index (χ3n) is 4.54. The van der Waals surface area contributed by atoms with Gasteiger partial charge in [0.1, 0.15) is 6.07 Å². The highest BCUT2D eigenvalue weighted by Crippen LogP contribution is 2.20.